The first kappa shape index (κ1) is 18.2. The van der Waals surface area contributed by atoms with Crippen LogP contribution in [-0.2, 0) is 0 Å². The Morgan fingerprint density at radius 2 is 2.07 bits per heavy atom. The first-order valence-electron chi connectivity index (χ1n) is 9.73. The summed E-state index contributed by atoms with van der Waals surface area (Å²) >= 11 is 0. The van der Waals surface area contributed by atoms with E-state index in [4.69, 9.17) is 5.73 Å². The smallest absolute Gasteiger partial charge is 0.395 e. The Labute approximate surface area is 168 Å². The highest BCUT2D eigenvalue weighted by Gasteiger charge is 2.56. The zero-order chi connectivity index (χ0) is 20.8. The van der Waals surface area contributed by atoms with Gasteiger partial charge in [-0.3, -0.25) is 4.90 Å². The molecule has 30 heavy (non-hydrogen) atoms. The van der Waals surface area contributed by atoms with Gasteiger partial charge in [0.05, 0.1) is 6.04 Å². The first-order chi connectivity index (χ1) is 14.2. The van der Waals surface area contributed by atoms with E-state index >= 15 is 0 Å². The van der Waals surface area contributed by atoms with Gasteiger partial charge in [0.1, 0.15) is 11.9 Å². The minimum atomic E-state index is -3.77. The number of nitrogens with zero attached hydrogens (tertiary/aromatic N) is 4. The molecule has 6 rings (SSSR count). The Kier molecular flexibility index (Phi) is 3.49. The highest BCUT2D eigenvalue weighted by molar-refractivity contribution is 6.16. The lowest BCUT2D eigenvalue weighted by atomic mass is 10.1. The molecule has 1 aliphatic carbocycles. The number of guanidine groups is 1. The van der Waals surface area contributed by atoms with Crippen molar-refractivity contribution in [2.45, 2.75) is 43.7 Å². The average molecular weight is 426 g/mol. The number of likely N-dealkylation sites (tertiary alicyclic amines) is 1. The molecule has 0 aromatic heterocycles. The van der Waals surface area contributed by atoms with E-state index in [0.717, 1.165) is 0 Å². The lowest BCUT2D eigenvalue weighted by molar-refractivity contribution is -0.286. The monoisotopic (exact) mass is 426 g/mol. The zero-order valence-corrected chi connectivity index (χ0v) is 15.6. The molecule has 1 saturated carbocycles. The predicted molar refractivity (Wildman–Crippen MR) is 96.9 cm³/mol. The van der Waals surface area contributed by atoms with Crippen molar-refractivity contribution in [2.24, 2.45) is 21.6 Å². The van der Waals surface area contributed by atoms with Gasteiger partial charge in [0.25, 0.3) is 5.92 Å². The van der Waals surface area contributed by atoms with Crippen molar-refractivity contribution in [1.29, 1.82) is 0 Å². The van der Waals surface area contributed by atoms with Crippen LogP contribution in [0.1, 0.15) is 24.8 Å². The fourth-order valence-corrected chi connectivity index (χ4v) is 5.04. The number of hydrogen-bond acceptors (Lipinski definition) is 8. The molecule has 12 heteroatoms. The molecule has 0 amide bonds. The van der Waals surface area contributed by atoms with E-state index in [1.165, 1.54) is 11.1 Å². The van der Waals surface area contributed by atoms with Crippen LogP contribution in [0.3, 0.4) is 0 Å². The molecule has 4 aliphatic heterocycles. The lowest BCUT2D eigenvalue weighted by Gasteiger charge is -2.33. The summed E-state index contributed by atoms with van der Waals surface area (Å²) in [5.41, 5.74) is 9.68. The molecule has 3 unspecified atom stereocenters. The summed E-state index contributed by atoms with van der Waals surface area (Å²) in [5, 5.41) is 1.47. The fourth-order valence-electron chi connectivity index (χ4n) is 5.04. The SMILES string of the molecule is NC1=Nc2c(ccc3c2OC(F)(F)O3)C2=NC(CCN3CC4CC3C(F)(F)C4)NN12. The molecule has 3 N–H and O–H groups in total. The quantitative estimate of drug-likeness (QED) is 0.719. The Balaban J connectivity index is 1.23. The molecule has 4 heterocycles. The van der Waals surface area contributed by atoms with Crippen LogP contribution in [0.15, 0.2) is 22.1 Å². The molecule has 1 saturated heterocycles. The number of hydrogen-bond donors (Lipinski definition) is 2. The summed E-state index contributed by atoms with van der Waals surface area (Å²) in [5.74, 6) is -2.47. The molecule has 3 atom stereocenters. The number of nitrogens with one attached hydrogen (secondary N) is 1. The average Bonchev–Trinajstić information content (AvgIpc) is 3.38. The zero-order valence-electron chi connectivity index (χ0n) is 15.6. The third-order valence-corrected chi connectivity index (χ3v) is 6.24. The van der Waals surface area contributed by atoms with E-state index in [0.29, 0.717) is 37.3 Å². The standard InChI is InChI=1S/C18H18F4N6O2/c19-17(20)6-8-5-11(17)27(7-8)4-3-12-24-15-9-1-2-10-14(30-18(21,22)29-10)13(9)25-16(23)28(15)26-12/h1-2,8,11-12,26H,3-7H2,(H2,23,25). The van der Waals surface area contributed by atoms with Crippen LogP contribution in [0.4, 0.5) is 23.2 Å². The van der Waals surface area contributed by atoms with Crippen molar-refractivity contribution in [2.75, 3.05) is 13.1 Å². The molecular weight excluding hydrogens is 408 g/mol. The van der Waals surface area contributed by atoms with Crippen molar-refractivity contribution in [3.8, 4) is 11.5 Å². The molecule has 0 radical (unpaired) electrons. The normalized spacial score (nSPS) is 32.1. The molecule has 2 bridgehead atoms. The van der Waals surface area contributed by atoms with E-state index in [1.54, 1.807) is 6.07 Å². The van der Waals surface area contributed by atoms with Gasteiger partial charge in [-0.1, -0.05) is 0 Å². The van der Waals surface area contributed by atoms with Crippen molar-refractivity contribution >= 4 is 17.5 Å². The molecule has 2 fully saturated rings. The fraction of sp³-hybridized carbons (Fsp3) is 0.556. The van der Waals surface area contributed by atoms with Gasteiger partial charge in [-0.15, -0.1) is 8.78 Å². The topological polar surface area (TPSA) is 87.7 Å². The predicted octanol–water partition coefficient (Wildman–Crippen LogP) is 1.98. The number of amidine groups is 1. The molecule has 1 aromatic rings. The summed E-state index contributed by atoms with van der Waals surface area (Å²) in [4.78, 5) is 10.6. The van der Waals surface area contributed by atoms with Gasteiger partial charge in [-0.25, -0.2) is 29.2 Å². The molecule has 5 aliphatic rings. The number of fused-ring (bicyclic) bond motifs is 7. The van der Waals surface area contributed by atoms with Gasteiger partial charge < -0.3 is 15.2 Å². The summed E-state index contributed by atoms with van der Waals surface area (Å²) in [6, 6.07) is 2.22. The number of ether oxygens (including phenoxy) is 2. The Bertz CT molecular complexity index is 999. The van der Waals surface area contributed by atoms with E-state index in [-0.39, 0.29) is 35.5 Å². The number of piperidine rings is 1. The number of nitrogens with two attached hydrogens (primary N) is 1. The van der Waals surface area contributed by atoms with E-state index in [2.05, 4.69) is 24.9 Å². The van der Waals surface area contributed by atoms with Gasteiger partial charge in [-0.2, -0.15) is 0 Å². The van der Waals surface area contributed by atoms with Crippen LogP contribution >= 0.6 is 0 Å². The molecule has 1 aromatic carbocycles. The van der Waals surface area contributed by atoms with Gasteiger partial charge >= 0.3 is 6.29 Å². The lowest BCUT2D eigenvalue weighted by Crippen LogP contribution is -2.51. The number of alkyl halides is 4. The number of benzene rings is 1. The van der Waals surface area contributed by atoms with Crippen LogP contribution in [0.25, 0.3) is 0 Å². The van der Waals surface area contributed by atoms with Gasteiger partial charge in [0.15, 0.2) is 17.3 Å². The summed E-state index contributed by atoms with van der Waals surface area (Å²) in [6.45, 7) is 1.15. The number of hydrazine groups is 1. The maximum Gasteiger partial charge on any atom is 0.586 e. The van der Waals surface area contributed by atoms with E-state index < -0.39 is 24.4 Å². The molecule has 0 spiro atoms. The molecule has 8 nitrogen and oxygen atoms in total. The van der Waals surface area contributed by atoms with Gasteiger partial charge in [0, 0.05) is 25.1 Å². The molecule has 160 valence electrons. The third kappa shape index (κ3) is 2.59. The van der Waals surface area contributed by atoms with E-state index in [9.17, 15) is 17.6 Å². The van der Waals surface area contributed by atoms with Crippen LogP contribution in [0, 0.1) is 5.92 Å². The van der Waals surface area contributed by atoms with Crippen LogP contribution in [0.5, 0.6) is 11.5 Å². The maximum atomic E-state index is 14.0. The first-order valence-corrected chi connectivity index (χ1v) is 9.73. The van der Waals surface area contributed by atoms with Crippen molar-refractivity contribution < 1.29 is 27.0 Å². The number of rotatable bonds is 3. The second-order valence-electron chi connectivity index (χ2n) is 8.23. The second-order valence-corrected chi connectivity index (χ2v) is 8.23. The summed E-state index contributed by atoms with van der Waals surface area (Å²) < 4.78 is 64.0. The minimum Gasteiger partial charge on any atom is -0.395 e. The summed E-state index contributed by atoms with van der Waals surface area (Å²) in [7, 11) is 0. The Hall–Kier alpha value is -2.60. The summed E-state index contributed by atoms with van der Waals surface area (Å²) in [6.07, 6.45) is -3.17. The van der Waals surface area contributed by atoms with Crippen molar-refractivity contribution in [1.82, 2.24) is 15.3 Å². The number of aliphatic imine (C=N–C) groups is 2. The second kappa shape index (κ2) is 5.76. The van der Waals surface area contributed by atoms with Gasteiger partial charge in [-0.05, 0) is 30.9 Å². The van der Waals surface area contributed by atoms with E-state index in [1.807, 2.05) is 4.90 Å². The van der Waals surface area contributed by atoms with Crippen molar-refractivity contribution in [3.63, 3.8) is 0 Å². The third-order valence-electron chi connectivity index (χ3n) is 6.24. The van der Waals surface area contributed by atoms with Crippen LogP contribution < -0.4 is 20.6 Å². The highest BCUT2D eigenvalue weighted by Crippen LogP contribution is 2.50. The van der Waals surface area contributed by atoms with Crippen molar-refractivity contribution in [3.05, 3.63) is 17.7 Å². The molecular formula is C18H18F4N6O2. The van der Waals surface area contributed by atoms with Crippen LogP contribution in [0.2, 0.25) is 0 Å². The van der Waals surface area contributed by atoms with Gasteiger partial charge in [0.2, 0.25) is 5.96 Å². The maximum absolute atomic E-state index is 14.0. The largest absolute Gasteiger partial charge is 0.586 e. The minimum absolute atomic E-state index is 0.0164. The van der Waals surface area contributed by atoms with Crippen LogP contribution in [-0.4, -0.2) is 59.2 Å². The Morgan fingerprint density at radius 1 is 1.23 bits per heavy atom. The number of halogens is 4. The Morgan fingerprint density at radius 3 is 2.83 bits per heavy atom. The highest BCUT2D eigenvalue weighted by atomic mass is 19.3.